The van der Waals surface area contributed by atoms with Crippen molar-refractivity contribution in [3.63, 3.8) is 0 Å². The van der Waals surface area contributed by atoms with Gasteiger partial charge in [0.2, 0.25) is 0 Å². The number of hydroxylamine groups is 1. The standard InChI is InChI=1S/C19H23NO3S/c1-5-15-7-9-18(14(3)11-15)23-12-16-10-13(2)6-8-17(16)20(22)19(21)24-4/h6-11,22H,5,12H2,1-4H3. The molecule has 0 bridgehead atoms. The Hall–Kier alpha value is -1.98. The van der Waals surface area contributed by atoms with Gasteiger partial charge in [-0.05, 0) is 49.8 Å². The molecule has 4 nitrogen and oxygen atoms in total. The van der Waals surface area contributed by atoms with E-state index in [4.69, 9.17) is 4.74 Å². The first-order chi connectivity index (χ1) is 11.5. The predicted octanol–water partition coefficient (Wildman–Crippen LogP) is 5.12. The fourth-order valence-corrected chi connectivity index (χ4v) is 2.74. The van der Waals surface area contributed by atoms with Gasteiger partial charge in [-0.2, -0.15) is 5.06 Å². The van der Waals surface area contributed by atoms with E-state index in [0.29, 0.717) is 10.8 Å². The number of hydrogen-bond acceptors (Lipinski definition) is 4. The number of aryl methyl sites for hydroxylation is 3. The van der Waals surface area contributed by atoms with Crippen molar-refractivity contribution in [3.05, 3.63) is 58.7 Å². The van der Waals surface area contributed by atoms with Crippen molar-refractivity contribution in [2.24, 2.45) is 0 Å². The van der Waals surface area contributed by atoms with E-state index in [-0.39, 0.29) is 6.61 Å². The fraction of sp³-hybridized carbons (Fsp3) is 0.316. The Morgan fingerprint density at radius 3 is 2.58 bits per heavy atom. The maximum atomic E-state index is 11.7. The van der Waals surface area contributed by atoms with E-state index in [2.05, 4.69) is 19.1 Å². The summed E-state index contributed by atoms with van der Waals surface area (Å²) in [6, 6.07) is 11.6. The molecule has 0 saturated heterocycles. The normalized spacial score (nSPS) is 10.5. The van der Waals surface area contributed by atoms with Crippen LogP contribution in [0.3, 0.4) is 0 Å². The van der Waals surface area contributed by atoms with Crippen LogP contribution in [0.15, 0.2) is 36.4 Å². The Labute approximate surface area is 147 Å². The van der Waals surface area contributed by atoms with E-state index in [0.717, 1.165) is 40.6 Å². The van der Waals surface area contributed by atoms with Gasteiger partial charge in [-0.1, -0.05) is 48.5 Å². The maximum absolute atomic E-state index is 11.7. The monoisotopic (exact) mass is 345 g/mol. The van der Waals surface area contributed by atoms with Crippen molar-refractivity contribution >= 4 is 22.7 Å². The number of anilines is 1. The first-order valence-electron chi connectivity index (χ1n) is 7.85. The Kier molecular flexibility index (Phi) is 6.29. The lowest BCUT2D eigenvalue weighted by atomic mass is 10.1. The lowest BCUT2D eigenvalue weighted by Crippen LogP contribution is -2.24. The molecule has 0 aliphatic heterocycles. The Morgan fingerprint density at radius 1 is 1.21 bits per heavy atom. The number of thioether (sulfide) groups is 1. The molecule has 0 unspecified atom stereocenters. The number of ether oxygens (including phenoxy) is 1. The molecule has 2 aromatic rings. The van der Waals surface area contributed by atoms with Crippen molar-refractivity contribution in [2.75, 3.05) is 11.3 Å². The Balaban J connectivity index is 2.23. The van der Waals surface area contributed by atoms with Crippen LogP contribution >= 0.6 is 11.8 Å². The smallest absolute Gasteiger partial charge is 0.309 e. The second kappa shape index (κ2) is 8.22. The van der Waals surface area contributed by atoms with Crippen LogP contribution in [0.4, 0.5) is 10.5 Å². The largest absolute Gasteiger partial charge is 0.489 e. The highest BCUT2D eigenvalue weighted by atomic mass is 32.2. The van der Waals surface area contributed by atoms with Crippen LogP contribution in [-0.2, 0) is 13.0 Å². The lowest BCUT2D eigenvalue weighted by Gasteiger charge is -2.19. The Morgan fingerprint density at radius 2 is 1.96 bits per heavy atom. The zero-order valence-corrected chi connectivity index (χ0v) is 15.3. The fourth-order valence-electron chi connectivity index (χ4n) is 2.47. The first-order valence-corrected chi connectivity index (χ1v) is 9.07. The molecule has 0 aliphatic rings. The molecule has 0 fully saturated rings. The summed E-state index contributed by atoms with van der Waals surface area (Å²) in [5, 5.41) is 10.3. The molecule has 0 spiro atoms. The van der Waals surface area contributed by atoms with Gasteiger partial charge in [0, 0.05) is 5.56 Å². The van der Waals surface area contributed by atoms with Crippen LogP contribution in [0.5, 0.6) is 5.75 Å². The minimum Gasteiger partial charge on any atom is -0.489 e. The van der Waals surface area contributed by atoms with Gasteiger partial charge in [0.15, 0.2) is 0 Å². The van der Waals surface area contributed by atoms with Crippen LogP contribution in [0, 0.1) is 13.8 Å². The van der Waals surface area contributed by atoms with Gasteiger partial charge in [-0.25, -0.2) is 0 Å². The van der Waals surface area contributed by atoms with Gasteiger partial charge in [0.25, 0.3) is 0 Å². The number of nitrogens with zero attached hydrogens (tertiary/aromatic N) is 1. The van der Waals surface area contributed by atoms with Crippen molar-refractivity contribution in [1.82, 2.24) is 0 Å². The molecule has 1 amide bonds. The van der Waals surface area contributed by atoms with Gasteiger partial charge in [-0.3, -0.25) is 10.0 Å². The molecule has 0 radical (unpaired) electrons. The summed E-state index contributed by atoms with van der Waals surface area (Å²) in [6.07, 6.45) is 2.62. The molecular weight excluding hydrogens is 322 g/mol. The summed E-state index contributed by atoms with van der Waals surface area (Å²) >= 11 is 0.958. The third-order valence-electron chi connectivity index (χ3n) is 3.84. The molecule has 24 heavy (non-hydrogen) atoms. The predicted molar refractivity (Wildman–Crippen MR) is 99.2 cm³/mol. The molecule has 0 atom stereocenters. The van der Waals surface area contributed by atoms with E-state index in [1.165, 1.54) is 5.56 Å². The number of carbonyl (C=O) groups is 1. The SMILES string of the molecule is CCc1ccc(OCc2cc(C)ccc2N(O)C(=O)SC)c(C)c1. The van der Waals surface area contributed by atoms with Crippen LogP contribution < -0.4 is 9.80 Å². The summed E-state index contributed by atoms with van der Waals surface area (Å²) in [4.78, 5) is 11.7. The second-order valence-electron chi connectivity index (χ2n) is 5.66. The maximum Gasteiger partial charge on any atom is 0.309 e. The van der Waals surface area contributed by atoms with Crippen LogP contribution in [0.1, 0.15) is 29.2 Å². The lowest BCUT2D eigenvalue weighted by molar-refractivity contribution is 0.223. The van der Waals surface area contributed by atoms with Crippen molar-refractivity contribution in [3.8, 4) is 5.75 Å². The summed E-state index contributed by atoms with van der Waals surface area (Å²) in [5.41, 5.74) is 4.59. The number of benzene rings is 2. The van der Waals surface area contributed by atoms with Crippen LogP contribution in [0.25, 0.3) is 0 Å². The van der Waals surface area contributed by atoms with Crippen molar-refractivity contribution in [2.45, 2.75) is 33.8 Å². The molecular formula is C19H23NO3S. The number of carbonyl (C=O) groups excluding carboxylic acids is 1. The highest BCUT2D eigenvalue weighted by molar-refractivity contribution is 8.13. The molecule has 0 heterocycles. The van der Waals surface area contributed by atoms with Crippen LogP contribution in [-0.4, -0.2) is 16.7 Å². The zero-order chi connectivity index (χ0) is 17.7. The topological polar surface area (TPSA) is 49.8 Å². The second-order valence-corrected chi connectivity index (χ2v) is 6.41. The average Bonchev–Trinajstić information content (AvgIpc) is 2.59. The summed E-state index contributed by atoms with van der Waals surface area (Å²) in [5.74, 6) is 0.806. The molecule has 0 aliphatic carbocycles. The molecule has 2 rings (SSSR count). The van der Waals surface area contributed by atoms with Gasteiger partial charge >= 0.3 is 5.24 Å². The zero-order valence-electron chi connectivity index (χ0n) is 14.5. The van der Waals surface area contributed by atoms with E-state index >= 15 is 0 Å². The average molecular weight is 345 g/mol. The molecule has 2 aromatic carbocycles. The number of amides is 1. The summed E-state index contributed by atoms with van der Waals surface area (Å²) in [6.45, 7) is 6.38. The molecule has 1 N–H and O–H groups in total. The van der Waals surface area contributed by atoms with Gasteiger partial charge in [0.1, 0.15) is 12.4 Å². The van der Waals surface area contributed by atoms with Gasteiger partial charge in [0.05, 0.1) is 5.69 Å². The van der Waals surface area contributed by atoms with E-state index in [9.17, 15) is 10.0 Å². The highest BCUT2D eigenvalue weighted by Gasteiger charge is 2.16. The van der Waals surface area contributed by atoms with E-state index < -0.39 is 5.24 Å². The third kappa shape index (κ3) is 4.30. The first kappa shape index (κ1) is 18.4. The number of rotatable bonds is 5. The highest BCUT2D eigenvalue weighted by Crippen LogP contribution is 2.26. The third-order valence-corrected chi connectivity index (χ3v) is 4.36. The van der Waals surface area contributed by atoms with E-state index in [1.807, 2.05) is 32.0 Å². The number of hydrogen-bond donors (Lipinski definition) is 1. The summed E-state index contributed by atoms with van der Waals surface area (Å²) < 4.78 is 5.93. The molecule has 128 valence electrons. The quantitative estimate of drug-likeness (QED) is 0.603. The minimum absolute atomic E-state index is 0.280. The Bertz CT molecular complexity index is 731. The van der Waals surface area contributed by atoms with Gasteiger partial charge in [-0.15, -0.1) is 0 Å². The van der Waals surface area contributed by atoms with Gasteiger partial charge < -0.3 is 4.74 Å². The minimum atomic E-state index is -0.427. The molecule has 0 saturated carbocycles. The molecule has 0 aromatic heterocycles. The van der Waals surface area contributed by atoms with Crippen LogP contribution in [0.2, 0.25) is 0 Å². The van der Waals surface area contributed by atoms with Crippen molar-refractivity contribution < 1.29 is 14.7 Å². The van der Waals surface area contributed by atoms with Crippen molar-refractivity contribution in [1.29, 1.82) is 0 Å². The van der Waals surface area contributed by atoms with E-state index in [1.54, 1.807) is 12.3 Å². The molecule has 5 heteroatoms. The summed E-state index contributed by atoms with van der Waals surface area (Å²) in [7, 11) is 0.